The number of amides is 1. The van der Waals surface area contributed by atoms with Gasteiger partial charge in [0.15, 0.2) is 0 Å². The first kappa shape index (κ1) is 19.0. The molecule has 0 aliphatic heterocycles. The predicted octanol–water partition coefficient (Wildman–Crippen LogP) is 2.81. The van der Waals surface area contributed by atoms with Crippen molar-refractivity contribution in [3.8, 4) is 0 Å². The van der Waals surface area contributed by atoms with E-state index in [-0.39, 0.29) is 19.0 Å². The van der Waals surface area contributed by atoms with Crippen LogP contribution in [0.5, 0.6) is 0 Å². The van der Waals surface area contributed by atoms with Crippen molar-refractivity contribution in [1.29, 1.82) is 0 Å². The fourth-order valence-corrected chi connectivity index (χ4v) is 3.44. The van der Waals surface area contributed by atoms with Crippen molar-refractivity contribution in [2.75, 3.05) is 23.7 Å². The van der Waals surface area contributed by atoms with Crippen molar-refractivity contribution >= 4 is 21.6 Å². The van der Waals surface area contributed by atoms with Gasteiger partial charge < -0.3 is 5.32 Å². The summed E-state index contributed by atoms with van der Waals surface area (Å²) in [6, 6.07) is 12.8. The Balaban J connectivity index is 2.06. The van der Waals surface area contributed by atoms with E-state index < -0.39 is 10.0 Å². The molecule has 0 saturated carbocycles. The van der Waals surface area contributed by atoms with Gasteiger partial charge in [0.1, 0.15) is 0 Å². The number of rotatable bonds is 6. The molecule has 134 valence electrons. The number of nitrogens with zero attached hydrogens (tertiary/aromatic N) is 1. The van der Waals surface area contributed by atoms with Gasteiger partial charge in [-0.2, -0.15) is 0 Å². The molecule has 2 aromatic carbocycles. The maximum Gasteiger partial charge on any atom is 0.251 e. The van der Waals surface area contributed by atoms with E-state index in [4.69, 9.17) is 0 Å². The Morgan fingerprint density at radius 2 is 1.76 bits per heavy atom. The Kier molecular flexibility index (Phi) is 5.85. The molecule has 0 atom stereocenters. The van der Waals surface area contributed by atoms with Crippen molar-refractivity contribution in [2.45, 2.75) is 20.8 Å². The molecule has 0 aliphatic rings. The average Bonchev–Trinajstić information content (AvgIpc) is 2.52. The molecule has 5 nitrogen and oxygen atoms in total. The monoisotopic (exact) mass is 360 g/mol. The van der Waals surface area contributed by atoms with E-state index in [2.05, 4.69) is 5.32 Å². The van der Waals surface area contributed by atoms with Gasteiger partial charge >= 0.3 is 0 Å². The summed E-state index contributed by atoms with van der Waals surface area (Å²) in [5, 5.41) is 2.79. The normalized spacial score (nSPS) is 11.2. The molecule has 0 fully saturated rings. The van der Waals surface area contributed by atoms with Crippen molar-refractivity contribution in [2.24, 2.45) is 0 Å². The summed E-state index contributed by atoms with van der Waals surface area (Å²) < 4.78 is 25.5. The molecule has 25 heavy (non-hydrogen) atoms. The standard InChI is InChI=1S/C19H24N2O3S/c1-14-6-5-7-18(12-14)21(25(4,23)24)11-10-20-19(22)17-9-8-15(2)16(3)13-17/h5-9,12-13H,10-11H2,1-4H3,(H,20,22). The summed E-state index contributed by atoms with van der Waals surface area (Å²) in [6.45, 7) is 6.26. The number of carbonyl (C=O) groups is 1. The Labute approximate surface area is 149 Å². The number of anilines is 1. The maximum atomic E-state index is 12.3. The molecule has 0 heterocycles. The minimum absolute atomic E-state index is 0.179. The molecule has 0 aromatic heterocycles. The van der Waals surface area contributed by atoms with Crippen LogP contribution in [0.3, 0.4) is 0 Å². The number of nitrogens with one attached hydrogen (secondary N) is 1. The third-order valence-corrected chi connectivity index (χ3v) is 5.25. The molecule has 0 aliphatic carbocycles. The number of hydrogen-bond donors (Lipinski definition) is 1. The van der Waals surface area contributed by atoms with Gasteiger partial charge in [-0.3, -0.25) is 9.10 Å². The molecule has 2 rings (SSSR count). The van der Waals surface area contributed by atoms with Crippen LogP contribution in [0.4, 0.5) is 5.69 Å². The largest absolute Gasteiger partial charge is 0.350 e. The fraction of sp³-hybridized carbons (Fsp3) is 0.316. The zero-order chi connectivity index (χ0) is 18.6. The highest BCUT2D eigenvalue weighted by Crippen LogP contribution is 2.18. The van der Waals surface area contributed by atoms with Crippen LogP contribution in [-0.2, 0) is 10.0 Å². The molecule has 0 bridgehead atoms. The van der Waals surface area contributed by atoms with Crippen molar-refractivity contribution in [1.82, 2.24) is 5.32 Å². The van der Waals surface area contributed by atoms with Crippen LogP contribution in [-0.4, -0.2) is 33.7 Å². The van der Waals surface area contributed by atoms with Gasteiger partial charge in [-0.05, 0) is 61.7 Å². The quantitative estimate of drug-likeness (QED) is 0.861. The molecular weight excluding hydrogens is 336 g/mol. The lowest BCUT2D eigenvalue weighted by atomic mass is 10.1. The van der Waals surface area contributed by atoms with Crippen molar-refractivity contribution < 1.29 is 13.2 Å². The molecule has 0 unspecified atom stereocenters. The van der Waals surface area contributed by atoms with E-state index in [1.165, 1.54) is 10.6 Å². The fourth-order valence-electron chi connectivity index (χ4n) is 2.53. The molecule has 6 heteroatoms. The third kappa shape index (κ3) is 5.06. The lowest BCUT2D eigenvalue weighted by molar-refractivity contribution is 0.0954. The number of carbonyl (C=O) groups excluding carboxylic acids is 1. The molecule has 2 aromatic rings. The van der Waals surface area contributed by atoms with Crippen LogP contribution in [0.2, 0.25) is 0 Å². The number of sulfonamides is 1. The summed E-state index contributed by atoms with van der Waals surface area (Å²) in [6.07, 6.45) is 1.17. The Morgan fingerprint density at radius 3 is 2.36 bits per heavy atom. The highest BCUT2D eigenvalue weighted by Gasteiger charge is 2.17. The zero-order valence-electron chi connectivity index (χ0n) is 15.0. The number of benzene rings is 2. The second kappa shape index (κ2) is 7.70. The Hall–Kier alpha value is -2.34. The van der Waals surface area contributed by atoms with Gasteiger partial charge in [-0.1, -0.05) is 18.2 Å². The molecule has 1 N–H and O–H groups in total. The van der Waals surface area contributed by atoms with E-state index >= 15 is 0 Å². The Bertz CT molecular complexity index is 876. The third-order valence-electron chi connectivity index (χ3n) is 4.06. The Morgan fingerprint density at radius 1 is 1.04 bits per heavy atom. The molecular formula is C19H24N2O3S. The van der Waals surface area contributed by atoms with E-state index in [1.807, 2.05) is 51.1 Å². The molecule has 1 amide bonds. The van der Waals surface area contributed by atoms with Crippen LogP contribution >= 0.6 is 0 Å². The van der Waals surface area contributed by atoms with Crippen LogP contribution < -0.4 is 9.62 Å². The van der Waals surface area contributed by atoms with Gasteiger partial charge in [0, 0.05) is 12.1 Å². The average molecular weight is 360 g/mol. The number of hydrogen-bond acceptors (Lipinski definition) is 3. The summed E-state index contributed by atoms with van der Waals surface area (Å²) in [5.74, 6) is -0.208. The lowest BCUT2D eigenvalue weighted by Gasteiger charge is -2.23. The summed E-state index contributed by atoms with van der Waals surface area (Å²) in [5.41, 5.74) is 4.32. The van der Waals surface area contributed by atoms with Gasteiger partial charge in [0.05, 0.1) is 18.5 Å². The van der Waals surface area contributed by atoms with Gasteiger partial charge in [-0.15, -0.1) is 0 Å². The van der Waals surface area contributed by atoms with Crippen LogP contribution in [0, 0.1) is 20.8 Å². The number of aryl methyl sites for hydroxylation is 3. The zero-order valence-corrected chi connectivity index (χ0v) is 15.9. The minimum atomic E-state index is -3.43. The maximum absolute atomic E-state index is 12.3. The first-order valence-corrected chi connectivity index (χ1v) is 9.93. The second-order valence-corrected chi connectivity index (χ2v) is 8.14. The van der Waals surface area contributed by atoms with Gasteiger partial charge in [-0.25, -0.2) is 8.42 Å². The van der Waals surface area contributed by atoms with Crippen LogP contribution in [0.25, 0.3) is 0 Å². The highest BCUT2D eigenvalue weighted by molar-refractivity contribution is 7.92. The molecule has 0 radical (unpaired) electrons. The molecule has 0 saturated heterocycles. The second-order valence-electron chi connectivity index (χ2n) is 6.23. The van der Waals surface area contributed by atoms with E-state index in [1.54, 1.807) is 12.1 Å². The van der Waals surface area contributed by atoms with Gasteiger partial charge in [0.25, 0.3) is 5.91 Å². The lowest BCUT2D eigenvalue weighted by Crippen LogP contribution is -2.38. The molecule has 0 spiro atoms. The van der Waals surface area contributed by atoms with Crippen LogP contribution in [0.15, 0.2) is 42.5 Å². The first-order valence-electron chi connectivity index (χ1n) is 8.08. The smallest absolute Gasteiger partial charge is 0.251 e. The minimum Gasteiger partial charge on any atom is -0.350 e. The van der Waals surface area contributed by atoms with Crippen LogP contribution in [0.1, 0.15) is 27.0 Å². The highest BCUT2D eigenvalue weighted by atomic mass is 32.2. The SMILES string of the molecule is Cc1cccc(N(CCNC(=O)c2ccc(C)c(C)c2)S(C)(=O)=O)c1. The van der Waals surface area contributed by atoms with E-state index in [0.717, 1.165) is 16.7 Å². The van der Waals surface area contributed by atoms with Gasteiger partial charge in [0.2, 0.25) is 10.0 Å². The topological polar surface area (TPSA) is 66.5 Å². The first-order chi connectivity index (χ1) is 11.7. The van der Waals surface area contributed by atoms with E-state index in [9.17, 15) is 13.2 Å². The summed E-state index contributed by atoms with van der Waals surface area (Å²) in [4.78, 5) is 12.3. The van der Waals surface area contributed by atoms with E-state index in [0.29, 0.717) is 11.3 Å². The summed E-state index contributed by atoms with van der Waals surface area (Å²) in [7, 11) is -3.43. The van der Waals surface area contributed by atoms with Crippen molar-refractivity contribution in [3.05, 3.63) is 64.7 Å². The summed E-state index contributed by atoms with van der Waals surface area (Å²) >= 11 is 0. The van der Waals surface area contributed by atoms with Crippen molar-refractivity contribution in [3.63, 3.8) is 0 Å². The predicted molar refractivity (Wildman–Crippen MR) is 102 cm³/mol.